The Hall–Kier alpha value is -3.55. The van der Waals surface area contributed by atoms with Gasteiger partial charge in [0.25, 0.3) is 5.91 Å². The molecule has 0 atom stereocenters. The van der Waals surface area contributed by atoms with E-state index in [1.54, 1.807) is 21.6 Å². The molecule has 4 rings (SSSR count). The van der Waals surface area contributed by atoms with Crippen molar-refractivity contribution >= 4 is 28.9 Å². The minimum atomic E-state index is -0.337. The number of para-hydroxylation sites is 1. The van der Waals surface area contributed by atoms with Crippen molar-refractivity contribution in [2.75, 3.05) is 19.4 Å². The fourth-order valence-electron chi connectivity index (χ4n) is 3.35. The van der Waals surface area contributed by atoms with E-state index in [9.17, 15) is 9.59 Å². The topological polar surface area (TPSA) is 99.7 Å². The van der Waals surface area contributed by atoms with Gasteiger partial charge in [-0.2, -0.15) is 0 Å². The Morgan fingerprint density at radius 2 is 2.11 bits per heavy atom. The Kier molecular flexibility index (Phi) is 4.38. The van der Waals surface area contributed by atoms with Crippen LogP contribution in [0.15, 0.2) is 36.4 Å². The SMILES string of the molecule is COC(=O)CCN1Cc2cc(Oc3cccc4c3nc(N)n4C)ccc2C1=O. The number of benzene rings is 2. The maximum absolute atomic E-state index is 12.5. The summed E-state index contributed by atoms with van der Waals surface area (Å²) in [5, 5.41) is 0. The predicted molar refractivity (Wildman–Crippen MR) is 103 cm³/mol. The van der Waals surface area contributed by atoms with E-state index in [0.717, 1.165) is 11.1 Å². The number of aryl methyl sites for hydroxylation is 1. The Bertz CT molecular complexity index is 1090. The minimum Gasteiger partial charge on any atom is -0.469 e. The first-order chi connectivity index (χ1) is 13.5. The number of fused-ring (bicyclic) bond motifs is 2. The zero-order chi connectivity index (χ0) is 19.8. The number of amides is 1. The summed E-state index contributed by atoms with van der Waals surface area (Å²) in [6.07, 6.45) is 0.169. The zero-order valence-corrected chi connectivity index (χ0v) is 15.6. The number of hydrogen-bond acceptors (Lipinski definition) is 6. The van der Waals surface area contributed by atoms with Crippen LogP contribution in [0.2, 0.25) is 0 Å². The van der Waals surface area contributed by atoms with Crippen LogP contribution >= 0.6 is 0 Å². The summed E-state index contributed by atoms with van der Waals surface area (Å²) in [4.78, 5) is 29.8. The van der Waals surface area contributed by atoms with Crippen molar-refractivity contribution in [1.82, 2.24) is 14.5 Å². The van der Waals surface area contributed by atoms with Crippen LogP contribution in [0.1, 0.15) is 22.3 Å². The molecule has 1 aromatic heterocycles. The molecule has 3 aromatic rings. The second-order valence-corrected chi connectivity index (χ2v) is 6.63. The number of esters is 1. The number of nitrogens with zero attached hydrogens (tertiary/aromatic N) is 3. The minimum absolute atomic E-state index is 0.0925. The van der Waals surface area contributed by atoms with Gasteiger partial charge < -0.3 is 24.7 Å². The molecule has 1 aliphatic heterocycles. The highest BCUT2D eigenvalue weighted by atomic mass is 16.5. The van der Waals surface area contributed by atoms with E-state index in [1.807, 2.05) is 31.3 Å². The molecule has 0 saturated carbocycles. The van der Waals surface area contributed by atoms with E-state index in [-0.39, 0.29) is 18.3 Å². The van der Waals surface area contributed by atoms with Gasteiger partial charge in [0, 0.05) is 25.7 Å². The number of imidazole rings is 1. The number of nitrogens with two attached hydrogens (primary N) is 1. The number of carbonyl (C=O) groups is 2. The van der Waals surface area contributed by atoms with Gasteiger partial charge in [-0.1, -0.05) is 6.07 Å². The number of anilines is 1. The number of hydrogen-bond donors (Lipinski definition) is 1. The molecule has 0 bridgehead atoms. The number of aromatic nitrogens is 2. The van der Waals surface area contributed by atoms with Gasteiger partial charge in [0.05, 0.1) is 19.0 Å². The van der Waals surface area contributed by atoms with E-state index in [2.05, 4.69) is 9.72 Å². The molecule has 0 aliphatic carbocycles. The van der Waals surface area contributed by atoms with Crippen molar-refractivity contribution in [2.45, 2.75) is 13.0 Å². The van der Waals surface area contributed by atoms with E-state index < -0.39 is 0 Å². The molecule has 2 heterocycles. The van der Waals surface area contributed by atoms with E-state index >= 15 is 0 Å². The number of methoxy groups -OCH3 is 1. The van der Waals surface area contributed by atoms with Crippen LogP contribution in [0.5, 0.6) is 11.5 Å². The van der Waals surface area contributed by atoms with Gasteiger partial charge in [-0.25, -0.2) is 4.98 Å². The third-order valence-electron chi connectivity index (χ3n) is 4.91. The molecule has 1 amide bonds. The predicted octanol–water partition coefficient (Wildman–Crippen LogP) is 2.47. The summed E-state index contributed by atoms with van der Waals surface area (Å²) in [7, 11) is 3.18. The Balaban J connectivity index is 1.56. The summed E-state index contributed by atoms with van der Waals surface area (Å²) in [5.41, 5.74) is 8.94. The molecule has 0 saturated heterocycles. The summed E-state index contributed by atoms with van der Waals surface area (Å²) < 4.78 is 12.5. The lowest BCUT2D eigenvalue weighted by Crippen LogP contribution is -2.26. The van der Waals surface area contributed by atoms with Crippen LogP contribution in [0.25, 0.3) is 11.0 Å². The van der Waals surface area contributed by atoms with E-state index in [4.69, 9.17) is 10.5 Å². The molecular formula is C20H20N4O4. The van der Waals surface area contributed by atoms with Gasteiger partial charge in [0.2, 0.25) is 5.95 Å². The molecule has 0 unspecified atom stereocenters. The van der Waals surface area contributed by atoms with Crippen molar-refractivity contribution in [2.24, 2.45) is 7.05 Å². The van der Waals surface area contributed by atoms with E-state index in [1.165, 1.54) is 7.11 Å². The fraction of sp³-hybridized carbons (Fsp3) is 0.250. The first kappa shape index (κ1) is 17.8. The molecule has 8 nitrogen and oxygen atoms in total. The average Bonchev–Trinajstić information content (AvgIpc) is 3.17. The van der Waals surface area contributed by atoms with Crippen molar-refractivity contribution in [1.29, 1.82) is 0 Å². The third kappa shape index (κ3) is 3.02. The highest BCUT2D eigenvalue weighted by molar-refractivity contribution is 5.98. The number of carbonyl (C=O) groups excluding carboxylic acids is 2. The van der Waals surface area contributed by atoms with Crippen LogP contribution in [-0.4, -0.2) is 40.0 Å². The standard InChI is InChI=1S/C20H20N4O4/c1-23-15-4-3-5-16(18(15)22-20(23)21)28-13-6-7-14-12(10-13)11-24(19(14)26)9-8-17(25)27-2/h3-7,10H,8-9,11H2,1-2H3,(H2,21,22). The lowest BCUT2D eigenvalue weighted by molar-refractivity contribution is -0.140. The van der Waals surface area contributed by atoms with Gasteiger partial charge in [-0.05, 0) is 35.9 Å². The summed E-state index contributed by atoms with van der Waals surface area (Å²) in [6, 6.07) is 11.0. The molecule has 2 N–H and O–H groups in total. The van der Waals surface area contributed by atoms with Crippen molar-refractivity contribution in [3.8, 4) is 11.5 Å². The normalized spacial score (nSPS) is 13.1. The number of ether oxygens (including phenoxy) is 2. The van der Waals surface area contributed by atoms with Crippen LogP contribution in [-0.2, 0) is 23.1 Å². The maximum atomic E-state index is 12.5. The Morgan fingerprint density at radius 1 is 1.29 bits per heavy atom. The summed E-state index contributed by atoms with van der Waals surface area (Å²) in [5.74, 6) is 1.18. The molecule has 0 fully saturated rings. The molecule has 144 valence electrons. The van der Waals surface area contributed by atoms with Crippen LogP contribution in [0, 0.1) is 0 Å². The van der Waals surface area contributed by atoms with Crippen molar-refractivity contribution in [3.63, 3.8) is 0 Å². The quantitative estimate of drug-likeness (QED) is 0.683. The molecule has 28 heavy (non-hydrogen) atoms. The lowest BCUT2D eigenvalue weighted by Gasteiger charge is -2.14. The van der Waals surface area contributed by atoms with Gasteiger partial charge in [0.1, 0.15) is 11.3 Å². The fourth-order valence-corrected chi connectivity index (χ4v) is 3.35. The van der Waals surface area contributed by atoms with Crippen LogP contribution in [0.3, 0.4) is 0 Å². The van der Waals surface area contributed by atoms with Gasteiger partial charge in [-0.15, -0.1) is 0 Å². The molecule has 0 spiro atoms. The van der Waals surface area contributed by atoms with Crippen LogP contribution in [0.4, 0.5) is 5.95 Å². The summed E-state index contributed by atoms with van der Waals surface area (Å²) in [6.45, 7) is 0.756. The molecule has 0 radical (unpaired) electrons. The molecule has 1 aliphatic rings. The average molecular weight is 380 g/mol. The molecule has 2 aromatic carbocycles. The van der Waals surface area contributed by atoms with Gasteiger partial charge >= 0.3 is 5.97 Å². The number of nitrogen functional groups attached to an aromatic ring is 1. The Labute approximate surface area is 161 Å². The van der Waals surface area contributed by atoms with Gasteiger partial charge in [-0.3, -0.25) is 9.59 Å². The Morgan fingerprint density at radius 3 is 2.89 bits per heavy atom. The third-order valence-corrected chi connectivity index (χ3v) is 4.91. The highest BCUT2D eigenvalue weighted by Gasteiger charge is 2.28. The smallest absolute Gasteiger partial charge is 0.307 e. The van der Waals surface area contributed by atoms with Crippen molar-refractivity contribution < 1.29 is 19.1 Å². The van der Waals surface area contributed by atoms with Crippen LogP contribution < -0.4 is 10.5 Å². The van der Waals surface area contributed by atoms with Crippen molar-refractivity contribution in [3.05, 3.63) is 47.5 Å². The van der Waals surface area contributed by atoms with Gasteiger partial charge in [0.15, 0.2) is 5.75 Å². The largest absolute Gasteiger partial charge is 0.469 e. The lowest BCUT2D eigenvalue weighted by atomic mass is 10.1. The maximum Gasteiger partial charge on any atom is 0.307 e. The summed E-state index contributed by atoms with van der Waals surface area (Å²) >= 11 is 0. The molecule has 8 heteroatoms. The first-order valence-electron chi connectivity index (χ1n) is 8.85. The molecular weight excluding hydrogens is 360 g/mol. The monoisotopic (exact) mass is 380 g/mol. The first-order valence-corrected chi connectivity index (χ1v) is 8.85. The zero-order valence-electron chi connectivity index (χ0n) is 15.6. The second-order valence-electron chi connectivity index (χ2n) is 6.63. The number of rotatable bonds is 5. The second kappa shape index (κ2) is 6.88. The van der Waals surface area contributed by atoms with E-state index in [0.29, 0.717) is 41.6 Å². The highest BCUT2D eigenvalue weighted by Crippen LogP contribution is 2.33.